The fraction of sp³-hybridized carbons (Fsp3) is 0.750. The molecule has 0 radical (unpaired) electrons. The van der Waals surface area contributed by atoms with Gasteiger partial charge in [-0.05, 0) is 20.8 Å². The van der Waals surface area contributed by atoms with Gasteiger partial charge in [-0.2, -0.15) is 0 Å². The van der Waals surface area contributed by atoms with Crippen LogP contribution in [0.15, 0.2) is 0 Å². The van der Waals surface area contributed by atoms with E-state index in [2.05, 4.69) is 0 Å². The molecule has 0 aliphatic carbocycles. The van der Waals surface area contributed by atoms with Crippen molar-refractivity contribution in [3.05, 3.63) is 0 Å². The summed E-state index contributed by atoms with van der Waals surface area (Å²) in [5.41, 5.74) is 4.45. The maximum Gasteiger partial charge on any atom is 0.307 e. The Morgan fingerprint density at radius 1 is 1.36 bits per heavy atom. The van der Waals surface area contributed by atoms with Gasteiger partial charge in [0.25, 0.3) is 5.24 Å². The molecule has 82 valence electrons. The third-order valence-corrected chi connectivity index (χ3v) is 2.95. The molecule has 0 aromatic rings. The SMILES string of the molecule is CC(C)(C)OC(=O)CCSSC(N)=O. The van der Waals surface area contributed by atoms with Gasteiger partial charge in [0.2, 0.25) is 0 Å². The van der Waals surface area contributed by atoms with Crippen LogP contribution in [-0.2, 0) is 9.53 Å². The Bertz CT molecular complexity index is 213. The lowest BCUT2D eigenvalue weighted by Gasteiger charge is -2.19. The number of hydrogen-bond acceptors (Lipinski definition) is 5. The van der Waals surface area contributed by atoms with E-state index in [4.69, 9.17) is 10.5 Å². The topological polar surface area (TPSA) is 69.4 Å². The van der Waals surface area contributed by atoms with Crippen LogP contribution in [0.3, 0.4) is 0 Å². The van der Waals surface area contributed by atoms with E-state index in [-0.39, 0.29) is 5.97 Å². The van der Waals surface area contributed by atoms with Crippen molar-refractivity contribution < 1.29 is 14.3 Å². The molecule has 0 rings (SSSR count). The van der Waals surface area contributed by atoms with Gasteiger partial charge in [-0.15, -0.1) is 0 Å². The van der Waals surface area contributed by atoms with E-state index in [1.54, 1.807) is 0 Å². The summed E-state index contributed by atoms with van der Waals surface area (Å²) >= 11 is 0. The number of amides is 1. The second-order valence-corrected chi connectivity index (χ2v) is 5.98. The van der Waals surface area contributed by atoms with Gasteiger partial charge in [0.15, 0.2) is 0 Å². The standard InChI is InChI=1S/C8H15NO3S2/c1-8(2,3)12-6(10)4-5-13-14-7(9)11/h4-5H2,1-3H3,(H2,9,11). The lowest BCUT2D eigenvalue weighted by atomic mass is 10.2. The number of esters is 1. The van der Waals surface area contributed by atoms with E-state index in [0.717, 1.165) is 10.8 Å². The zero-order chi connectivity index (χ0) is 11.2. The Labute approximate surface area is 91.7 Å². The van der Waals surface area contributed by atoms with Crippen molar-refractivity contribution in [3.8, 4) is 0 Å². The van der Waals surface area contributed by atoms with Crippen LogP contribution in [0.1, 0.15) is 27.2 Å². The highest BCUT2D eigenvalue weighted by Gasteiger charge is 2.15. The summed E-state index contributed by atoms with van der Waals surface area (Å²) in [5, 5.41) is -0.445. The molecule has 0 saturated heterocycles. The fourth-order valence-corrected chi connectivity index (χ4v) is 1.92. The average Bonchev–Trinajstić information content (AvgIpc) is 1.94. The van der Waals surface area contributed by atoms with Gasteiger partial charge >= 0.3 is 5.97 Å². The average molecular weight is 237 g/mol. The van der Waals surface area contributed by atoms with Gasteiger partial charge in [-0.25, -0.2) is 0 Å². The second-order valence-electron chi connectivity index (χ2n) is 3.56. The van der Waals surface area contributed by atoms with E-state index < -0.39 is 10.8 Å². The molecule has 0 aliphatic heterocycles. The molecule has 0 unspecified atom stereocenters. The monoisotopic (exact) mass is 237 g/mol. The van der Waals surface area contributed by atoms with Crippen LogP contribution in [0, 0.1) is 0 Å². The molecule has 4 nitrogen and oxygen atoms in total. The number of primary amides is 1. The molecule has 14 heavy (non-hydrogen) atoms. The summed E-state index contributed by atoms with van der Waals surface area (Å²) < 4.78 is 5.07. The van der Waals surface area contributed by atoms with Gasteiger partial charge in [0.05, 0.1) is 6.42 Å². The first kappa shape index (κ1) is 13.6. The van der Waals surface area contributed by atoms with Gasteiger partial charge in [0, 0.05) is 16.5 Å². The highest BCUT2D eigenvalue weighted by Crippen LogP contribution is 2.22. The predicted molar refractivity (Wildman–Crippen MR) is 60.1 cm³/mol. The molecule has 0 fully saturated rings. The Morgan fingerprint density at radius 2 is 1.93 bits per heavy atom. The normalized spacial score (nSPS) is 11.1. The molecule has 0 atom stereocenters. The van der Waals surface area contributed by atoms with Crippen LogP contribution in [0.5, 0.6) is 0 Å². The van der Waals surface area contributed by atoms with Gasteiger partial charge in [-0.1, -0.05) is 10.8 Å². The molecule has 0 spiro atoms. The molecule has 0 aromatic carbocycles. The van der Waals surface area contributed by atoms with Crippen molar-refractivity contribution in [1.29, 1.82) is 0 Å². The van der Waals surface area contributed by atoms with Gasteiger partial charge in [0.1, 0.15) is 5.60 Å². The van der Waals surface area contributed by atoms with Crippen LogP contribution in [0.4, 0.5) is 4.79 Å². The van der Waals surface area contributed by atoms with E-state index in [0.29, 0.717) is 12.2 Å². The zero-order valence-corrected chi connectivity index (χ0v) is 10.2. The molecule has 2 N–H and O–H groups in total. The number of carbonyl (C=O) groups excluding carboxylic acids is 2. The van der Waals surface area contributed by atoms with E-state index in [1.807, 2.05) is 20.8 Å². The summed E-state index contributed by atoms with van der Waals surface area (Å²) in [4.78, 5) is 21.5. The predicted octanol–water partition coefficient (Wildman–Crippen LogP) is 2.18. The molecule has 0 heterocycles. The van der Waals surface area contributed by atoms with Crippen LogP contribution in [-0.4, -0.2) is 22.6 Å². The van der Waals surface area contributed by atoms with Gasteiger partial charge < -0.3 is 10.5 Å². The number of rotatable bonds is 4. The molecule has 0 aliphatic rings. The molecule has 0 aromatic heterocycles. The van der Waals surface area contributed by atoms with Crippen molar-refractivity contribution in [2.45, 2.75) is 32.8 Å². The maximum atomic E-state index is 11.1. The maximum absolute atomic E-state index is 11.1. The third kappa shape index (κ3) is 9.73. The van der Waals surface area contributed by atoms with E-state index >= 15 is 0 Å². The van der Waals surface area contributed by atoms with Crippen LogP contribution >= 0.6 is 21.6 Å². The summed E-state index contributed by atoms with van der Waals surface area (Å²) in [7, 11) is 2.20. The highest BCUT2D eigenvalue weighted by atomic mass is 33.1. The number of nitrogens with two attached hydrogens (primary N) is 1. The Kier molecular flexibility index (Phi) is 6.03. The number of hydrogen-bond donors (Lipinski definition) is 1. The Balaban J connectivity index is 3.50. The largest absolute Gasteiger partial charge is 0.460 e. The van der Waals surface area contributed by atoms with Crippen molar-refractivity contribution in [2.75, 3.05) is 5.75 Å². The number of ether oxygens (including phenoxy) is 1. The lowest BCUT2D eigenvalue weighted by molar-refractivity contribution is -0.154. The molecule has 1 amide bonds. The second kappa shape index (κ2) is 6.19. The van der Waals surface area contributed by atoms with Gasteiger partial charge in [-0.3, -0.25) is 9.59 Å². The smallest absolute Gasteiger partial charge is 0.307 e. The molecule has 6 heteroatoms. The van der Waals surface area contributed by atoms with E-state index in [1.165, 1.54) is 10.8 Å². The summed E-state index contributed by atoms with van der Waals surface area (Å²) in [6.07, 6.45) is 0.294. The quantitative estimate of drug-likeness (QED) is 0.461. The fourth-order valence-electron chi connectivity index (χ4n) is 0.617. The van der Waals surface area contributed by atoms with Crippen LogP contribution in [0.2, 0.25) is 0 Å². The highest BCUT2D eigenvalue weighted by molar-refractivity contribution is 8.82. The zero-order valence-electron chi connectivity index (χ0n) is 8.53. The minimum absolute atomic E-state index is 0.255. The minimum Gasteiger partial charge on any atom is -0.460 e. The Morgan fingerprint density at radius 3 is 2.36 bits per heavy atom. The van der Waals surface area contributed by atoms with Crippen molar-refractivity contribution >= 4 is 32.8 Å². The minimum atomic E-state index is -0.446. The summed E-state index contributed by atoms with van der Waals surface area (Å²) in [5.74, 6) is 0.276. The lowest BCUT2D eigenvalue weighted by Crippen LogP contribution is -2.23. The van der Waals surface area contributed by atoms with Crippen molar-refractivity contribution in [3.63, 3.8) is 0 Å². The van der Waals surface area contributed by atoms with Crippen molar-refractivity contribution in [2.24, 2.45) is 5.73 Å². The molecular formula is C8H15NO3S2. The van der Waals surface area contributed by atoms with Crippen LogP contribution in [0.25, 0.3) is 0 Å². The van der Waals surface area contributed by atoms with Crippen LogP contribution < -0.4 is 5.73 Å². The summed E-state index contributed by atoms with van der Waals surface area (Å²) in [6.45, 7) is 5.45. The molecular weight excluding hydrogens is 222 g/mol. The summed E-state index contributed by atoms with van der Waals surface area (Å²) in [6, 6.07) is 0. The third-order valence-electron chi connectivity index (χ3n) is 0.951. The first-order valence-electron chi connectivity index (χ1n) is 4.12. The Hall–Kier alpha value is -0.360. The van der Waals surface area contributed by atoms with E-state index in [9.17, 15) is 9.59 Å². The first-order valence-corrected chi connectivity index (χ1v) is 6.44. The number of carbonyl (C=O) groups is 2. The first-order chi connectivity index (χ1) is 6.31. The molecule has 0 saturated carbocycles. The molecule has 0 bridgehead atoms. The van der Waals surface area contributed by atoms with Crippen molar-refractivity contribution in [1.82, 2.24) is 0 Å².